The summed E-state index contributed by atoms with van der Waals surface area (Å²) in [7, 11) is 0. The fraction of sp³-hybridized carbons (Fsp3) is 0.0714. The Morgan fingerprint density at radius 2 is 2.10 bits per heavy atom. The molecule has 0 saturated carbocycles. The van der Waals surface area contributed by atoms with Crippen LogP contribution in [0.5, 0.6) is 5.75 Å². The van der Waals surface area contributed by atoms with Gasteiger partial charge in [-0.05, 0) is 30.3 Å². The standard InChI is InChI=1S/C14H11ClN2O4/c15-9-3-1-4-10(7-9)17-12(18)8-21-11-5-2-6-16-13(11)14(19)20/h1-7H,8H2,(H,17,18)(H,19,20). The summed E-state index contributed by atoms with van der Waals surface area (Å²) in [6, 6.07) is 9.60. The van der Waals surface area contributed by atoms with E-state index in [1.807, 2.05) is 0 Å². The first-order valence-corrected chi connectivity index (χ1v) is 6.30. The summed E-state index contributed by atoms with van der Waals surface area (Å²) >= 11 is 5.80. The van der Waals surface area contributed by atoms with Gasteiger partial charge >= 0.3 is 5.97 Å². The number of hydrogen-bond acceptors (Lipinski definition) is 4. The predicted octanol–water partition coefficient (Wildman–Crippen LogP) is 2.45. The molecule has 1 amide bonds. The molecule has 0 aliphatic heterocycles. The van der Waals surface area contributed by atoms with Crippen molar-refractivity contribution in [2.45, 2.75) is 0 Å². The zero-order valence-electron chi connectivity index (χ0n) is 10.7. The first kappa shape index (κ1) is 14.8. The van der Waals surface area contributed by atoms with Gasteiger partial charge in [-0.2, -0.15) is 0 Å². The number of carbonyl (C=O) groups is 2. The Labute approximate surface area is 125 Å². The van der Waals surface area contributed by atoms with E-state index in [-0.39, 0.29) is 18.1 Å². The van der Waals surface area contributed by atoms with E-state index in [0.717, 1.165) is 0 Å². The minimum absolute atomic E-state index is 0.0336. The maximum Gasteiger partial charge on any atom is 0.358 e. The highest BCUT2D eigenvalue weighted by Gasteiger charge is 2.13. The number of rotatable bonds is 5. The highest BCUT2D eigenvalue weighted by atomic mass is 35.5. The molecule has 1 aromatic carbocycles. The summed E-state index contributed by atoms with van der Waals surface area (Å²) < 4.78 is 5.17. The van der Waals surface area contributed by atoms with Crippen LogP contribution in [-0.4, -0.2) is 28.6 Å². The number of anilines is 1. The van der Waals surface area contributed by atoms with Crippen molar-refractivity contribution in [1.82, 2.24) is 4.98 Å². The van der Waals surface area contributed by atoms with Gasteiger partial charge in [0.1, 0.15) is 0 Å². The second-order valence-electron chi connectivity index (χ2n) is 4.00. The number of benzene rings is 1. The molecule has 2 aromatic rings. The van der Waals surface area contributed by atoms with Crippen molar-refractivity contribution in [3.05, 3.63) is 53.3 Å². The fourth-order valence-electron chi connectivity index (χ4n) is 1.57. The highest BCUT2D eigenvalue weighted by molar-refractivity contribution is 6.30. The number of aromatic nitrogens is 1. The van der Waals surface area contributed by atoms with Crippen LogP contribution in [0.25, 0.3) is 0 Å². The van der Waals surface area contributed by atoms with E-state index in [1.165, 1.54) is 18.3 Å². The average Bonchev–Trinajstić information content (AvgIpc) is 2.45. The van der Waals surface area contributed by atoms with Gasteiger partial charge in [-0.15, -0.1) is 0 Å². The third-order valence-electron chi connectivity index (χ3n) is 2.44. The third-order valence-corrected chi connectivity index (χ3v) is 2.68. The smallest absolute Gasteiger partial charge is 0.358 e. The van der Waals surface area contributed by atoms with Crippen LogP contribution >= 0.6 is 11.6 Å². The largest absolute Gasteiger partial charge is 0.481 e. The number of nitrogens with one attached hydrogen (secondary N) is 1. The predicted molar refractivity (Wildman–Crippen MR) is 76.8 cm³/mol. The minimum atomic E-state index is -1.22. The number of aromatic carboxylic acids is 1. The summed E-state index contributed by atoms with van der Waals surface area (Å²) in [6.07, 6.45) is 1.34. The number of halogens is 1. The van der Waals surface area contributed by atoms with E-state index in [4.69, 9.17) is 21.4 Å². The summed E-state index contributed by atoms with van der Waals surface area (Å²) in [6.45, 7) is -0.335. The van der Waals surface area contributed by atoms with Crippen molar-refractivity contribution >= 4 is 29.2 Å². The van der Waals surface area contributed by atoms with Gasteiger partial charge in [0.2, 0.25) is 0 Å². The number of carboxylic acids is 1. The van der Waals surface area contributed by atoms with Crippen LogP contribution in [0.15, 0.2) is 42.6 Å². The van der Waals surface area contributed by atoms with Crippen LogP contribution in [0, 0.1) is 0 Å². The van der Waals surface area contributed by atoms with Crippen LogP contribution in [0.2, 0.25) is 5.02 Å². The Balaban J connectivity index is 1.97. The number of hydrogen-bond donors (Lipinski definition) is 2. The van der Waals surface area contributed by atoms with Crippen LogP contribution in [0.3, 0.4) is 0 Å². The molecule has 1 heterocycles. The Morgan fingerprint density at radius 1 is 1.29 bits per heavy atom. The first-order valence-electron chi connectivity index (χ1n) is 5.93. The number of nitrogens with zero attached hydrogens (tertiary/aromatic N) is 1. The van der Waals surface area contributed by atoms with Crippen LogP contribution in [0.4, 0.5) is 5.69 Å². The van der Waals surface area contributed by atoms with E-state index in [9.17, 15) is 9.59 Å². The van der Waals surface area contributed by atoms with Gasteiger partial charge < -0.3 is 15.2 Å². The lowest BCUT2D eigenvalue weighted by Gasteiger charge is -2.09. The molecule has 0 saturated heterocycles. The van der Waals surface area contributed by atoms with Crippen molar-refractivity contribution in [2.24, 2.45) is 0 Å². The van der Waals surface area contributed by atoms with Crippen LogP contribution in [0.1, 0.15) is 10.5 Å². The highest BCUT2D eigenvalue weighted by Crippen LogP contribution is 2.16. The maximum absolute atomic E-state index is 11.7. The van der Waals surface area contributed by atoms with Gasteiger partial charge in [-0.1, -0.05) is 17.7 Å². The van der Waals surface area contributed by atoms with Gasteiger partial charge in [0, 0.05) is 16.9 Å². The average molecular weight is 307 g/mol. The number of ether oxygens (including phenoxy) is 1. The van der Waals surface area contributed by atoms with Crippen LogP contribution < -0.4 is 10.1 Å². The van der Waals surface area contributed by atoms with E-state index in [2.05, 4.69) is 10.3 Å². The molecule has 0 radical (unpaired) electrons. The van der Waals surface area contributed by atoms with Gasteiger partial charge in [-0.25, -0.2) is 9.78 Å². The summed E-state index contributed by atoms with van der Waals surface area (Å²) in [5.74, 6) is -1.62. The molecule has 108 valence electrons. The second-order valence-corrected chi connectivity index (χ2v) is 4.44. The van der Waals surface area contributed by atoms with Crippen molar-refractivity contribution in [3.8, 4) is 5.75 Å². The minimum Gasteiger partial charge on any atom is -0.481 e. The molecule has 0 aliphatic carbocycles. The van der Waals surface area contributed by atoms with Crippen molar-refractivity contribution in [3.63, 3.8) is 0 Å². The van der Waals surface area contributed by atoms with Gasteiger partial charge in [0.15, 0.2) is 18.1 Å². The fourth-order valence-corrected chi connectivity index (χ4v) is 1.76. The first-order chi connectivity index (χ1) is 10.1. The second kappa shape index (κ2) is 6.71. The quantitative estimate of drug-likeness (QED) is 0.885. The van der Waals surface area contributed by atoms with Crippen molar-refractivity contribution < 1.29 is 19.4 Å². The lowest BCUT2D eigenvalue weighted by Crippen LogP contribution is -2.21. The topological polar surface area (TPSA) is 88.5 Å². The number of carbonyl (C=O) groups excluding carboxylic acids is 1. The molecule has 0 spiro atoms. The monoisotopic (exact) mass is 306 g/mol. The lowest BCUT2D eigenvalue weighted by atomic mass is 10.3. The Morgan fingerprint density at radius 3 is 2.81 bits per heavy atom. The van der Waals surface area contributed by atoms with E-state index >= 15 is 0 Å². The normalized spacial score (nSPS) is 9.95. The molecule has 0 atom stereocenters. The molecule has 6 nitrogen and oxygen atoms in total. The molecule has 2 rings (SSSR count). The van der Waals surface area contributed by atoms with E-state index in [1.54, 1.807) is 24.3 Å². The molecule has 0 aliphatic rings. The maximum atomic E-state index is 11.7. The van der Waals surface area contributed by atoms with Crippen molar-refractivity contribution in [1.29, 1.82) is 0 Å². The Bertz CT molecular complexity index is 676. The molecular weight excluding hydrogens is 296 g/mol. The lowest BCUT2D eigenvalue weighted by molar-refractivity contribution is -0.118. The number of pyridine rings is 1. The molecule has 0 unspecified atom stereocenters. The summed E-state index contributed by atoms with van der Waals surface area (Å²) in [4.78, 5) is 26.3. The molecule has 21 heavy (non-hydrogen) atoms. The zero-order chi connectivity index (χ0) is 15.2. The Kier molecular flexibility index (Phi) is 4.73. The van der Waals surface area contributed by atoms with E-state index < -0.39 is 11.9 Å². The molecule has 0 fully saturated rings. The summed E-state index contributed by atoms with van der Waals surface area (Å²) in [5, 5.41) is 12.0. The SMILES string of the molecule is O=C(COc1cccnc1C(=O)O)Nc1cccc(Cl)c1. The molecule has 0 bridgehead atoms. The number of carboxylic acid groups (broad SMARTS) is 1. The van der Waals surface area contributed by atoms with Gasteiger partial charge in [-0.3, -0.25) is 4.79 Å². The van der Waals surface area contributed by atoms with Gasteiger partial charge in [0.25, 0.3) is 5.91 Å². The number of amides is 1. The van der Waals surface area contributed by atoms with Crippen molar-refractivity contribution in [2.75, 3.05) is 11.9 Å². The third kappa shape index (κ3) is 4.19. The molecule has 2 N–H and O–H groups in total. The van der Waals surface area contributed by atoms with Gasteiger partial charge in [0.05, 0.1) is 0 Å². The molecular formula is C14H11ClN2O4. The molecule has 7 heteroatoms. The molecule has 1 aromatic heterocycles. The van der Waals surface area contributed by atoms with E-state index in [0.29, 0.717) is 10.7 Å². The summed E-state index contributed by atoms with van der Waals surface area (Å²) in [5.41, 5.74) is 0.286. The van der Waals surface area contributed by atoms with Crippen LogP contribution in [-0.2, 0) is 4.79 Å². The Hall–Kier alpha value is -2.60. The zero-order valence-corrected chi connectivity index (χ0v) is 11.5.